The summed E-state index contributed by atoms with van der Waals surface area (Å²) in [5.74, 6) is 2.01. The minimum Gasteiger partial charge on any atom is -0.462 e. The van der Waals surface area contributed by atoms with Crippen LogP contribution in [0.2, 0.25) is 0 Å². The SMILES string of the molecule is CC(=O)O[C@@H]1CC[C@]2(C)[C@H](CC[C@@]3(C)[C@H]2CC=C2[C@H]4CC(C)(C)CC[C@@]4(C)CC[C@@]23C)C1(C)C. The molecule has 5 rings (SSSR count). The number of ether oxygens (including phenoxy) is 1. The molecule has 0 aliphatic heterocycles. The zero-order valence-electron chi connectivity index (χ0n) is 23.8. The molecule has 5 aliphatic rings. The normalized spacial score (nSPS) is 51.1. The van der Waals surface area contributed by atoms with Gasteiger partial charge in [-0.1, -0.05) is 67.0 Å². The quantitative estimate of drug-likeness (QED) is 0.284. The van der Waals surface area contributed by atoms with Crippen LogP contribution in [0.15, 0.2) is 11.6 Å². The van der Waals surface area contributed by atoms with E-state index in [4.69, 9.17) is 4.74 Å². The van der Waals surface area contributed by atoms with Crippen LogP contribution in [-0.2, 0) is 9.53 Å². The van der Waals surface area contributed by atoms with E-state index in [0.29, 0.717) is 33.0 Å². The molecule has 0 heterocycles. The maximum Gasteiger partial charge on any atom is 0.302 e. The zero-order valence-corrected chi connectivity index (χ0v) is 23.8. The zero-order chi connectivity index (χ0) is 24.9. The highest BCUT2D eigenvalue weighted by Crippen LogP contribution is 2.75. The van der Waals surface area contributed by atoms with Crippen molar-refractivity contribution in [2.75, 3.05) is 0 Å². The minimum absolute atomic E-state index is 0.0451. The van der Waals surface area contributed by atoms with Crippen LogP contribution in [0.3, 0.4) is 0 Å². The number of esters is 1. The van der Waals surface area contributed by atoms with Crippen LogP contribution in [0.25, 0.3) is 0 Å². The predicted octanol–water partition coefficient (Wildman–Crippen LogP) is 8.74. The van der Waals surface area contributed by atoms with Gasteiger partial charge in [0.15, 0.2) is 0 Å². The van der Waals surface area contributed by atoms with E-state index in [1.807, 2.05) is 5.57 Å². The van der Waals surface area contributed by atoms with Crippen LogP contribution in [-0.4, -0.2) is 12.1 Å². The molecule has 0 aromatic carbocycles. The Morgan fingerprint density at radius 1 is 0.853 bits per heavy atom. The van der Waals surface area contributed by atoms with Crippen molar-refractivity contribution >= 4 is 5.97 Å². The summed E-state index contributed by atoms with van der Waals surface area (Å²) in [7, 11) is 0. The van der Waals surface area contributed by atoms with E-state index in [-0.39, 0.29) is 17.5 Å². The van der Waals surface area contributed by atoms with Crippen LogP contribution in [0, 0.1) is 50.2 Å². The van der Waals surface area contributed by atoms with Crippen LogP contribution in [0.5, 0.6) is 0 Å². The molecule has 0 spiro atoms. The molecule has 0 unspecified atom stereocenters. The lowest BCUT2D eigenvalue weighted by Crippen LogP contribution is -2.64. The Hall–Kier alpha value is -0.790. The Balaban J connectivity index is 1.53. The molecule has 2 heteroatoms. The summed E-state index contributed by atoms with van der Waals surface area (Å²) < 4.78 is 5.91. The second-order valence-electron chi connectivity index (χ2n) is 15.8. The monoisotopic (exact) mass is 468 g/mol. The fourth-order valence-corrected chi connectivity index (χ4v) is 10.9. The number of hydrogen-bond donors (Lipinski definition) is 0. The van der Waals surface area contributed by atoms with Gasteiger partial charge in [0, 0.05) is 12.3 Å². The second-order valence-corrected chi connectivity index (χ2v) is 15.8. The molecule has 4 saturated carbocycles. The van der Waals surface area contributed by atoms with Crippen molar-refractivity contribution in [3.8, 4) is 0 Å². The molecule has 0 aromatic rings. The molecule has 0 radical (unpaired) electrons. The number of fused-ring (bicyclic) bond motifs is 7. The largest absolute Gasteiger partial charge is 0.462 e. The van der Waals surface area contributed by atoms with Crippen LogP contribution < -0.4 is 0 Å². The first-order valence-corrected chi connectivity index (χ1v) is 14.5. The summed E-state index contributed by atoms with van der Waals surface area (Å²) in [6.45, 7) is 22.0. The van der Waals surface area contributed by atoms with E-state index in [1.165, 1.54) is 57.8 Å². The molecule has 34 heavy (non-hydrogen) atoms. The van der Waals surface area contributed by atoms with Gasteiger partial charge < -0.3 is 4.74 Å². The summed E-state index contributed by atoms with van der Waals surface area (Å²) in [5.41, 5.74) is 3.92. The van der Waals surface area contributed by atoms with E-state index in [9.17, 15) is 4.79 Å². The molecule has 0 amide bonds. The van der Waals surface area contributed by atoms with Gasteiger partial charge in [0.1, 0.15) is 6.10 Å². The molecule has 2 nitrogen and oxygen atoms in total. The van der Waals surface area contributed by atoms with Crippen LogP contribution in [0.4, 0.5) is 0 Å². The van der Waals surface area contributed by atoms with Crippen LogP contribution >= 0.6 is 0 Å². The van der Waals surface area contributed by atoms with E-state index in [0.717, 1.165) is 18.3 Å². The smallest absolute Gasteiger partial charge is 0.302 e. The predicted molar refractivity (Wildman–Crippen MR) is 140 cm³/mol. The van der Waals surface area contributed by atoms with Crippen molar-refractivity contribution in [1.29, 1.82) is 0 Å². The van der Waals surface area contributed by atoms with E-state index >= 15 is 0 Å². The summed E-state index contributed by atoms with van der Waals surface area (Å²) >= 11 is 0. The summed E-state index contributed by atoms with van der Waals surface area (Å²) in [6.07, 6.45) is 15.9. The fraction of sp³-hybridized carbons (Fsp3) is 0.906. The van der Waals surface area contributed by atoms with Crippen molar-refractivity contribution in [1.82, 2.24) is 0 Å². The summed E-state index contributed by atoms with van der Waals surface area (Å²) in [6, 6.07) is 0. The van der Waals surface area contributed by atoms with Gasteiger partial charge in [-0.3, -0.25) is 4.79 Å². The Labute approximate surface area is 210 Å². The van der Waals surface area contributed by atoms with Gasteiger partial charge in [-0.05, 0) is 109 Å². The molecular weight excluding hydrogens is 416 g/mol. The van der Waals surface area contributed by atoms with E-state index < -0.39 is 0 Å². The van der Waals surface area contributed by atoms with Gasteiger partial charge in [0.2, 0.25) is 0 Å². The van der Waals surface area contributed by atoms with Crippen molar-refractivity contribution in [3.05, 3.63) is 11.6 Å². The Morgan fingerprint density at radius 3 is 2.21 bits per heavy atom. The Bertz CT molecular complexity index is 897. The lowest BCUT2D eigenvalue weighted by molar-refractivity contribution is -0.211. The number of carbonyl (C=O) groups excluding carboxylic acids is 1. The van der Waals surface area contributed by atoms with Gasteiger partial charge >= 0.3 is 5.97 Å². The third-order valence-corrected chi connectivity index (χ3v) is 13.3. The molecule has 8 atom stereocenters. The topological polar surface area (TPSA) is 26.3 Å². The standard InChI is InChI=1S/C32H52O2/c1-21(33)34-26-13-14-30(7)24(28(26,4)5)12-15-32(9)25(30)11-10-22-23-20-27(2,3)16-17-29(23,6)18-19-31(22,32)8/h10,23-26H,11-20H2,1-9H3/t23-,24-,25+,26-,29+,30-,31+,32+/m1/s1. The van der Waals surface area contributed by atoms with Gasteiger partial charge in [-0.15, -0.1) is 0 Å². The van der Waals surface area contributed by atoms with Crippen molar-refractivity contribution in [2.45, 2.75) is 133 Å². The fourth-order valence-electron chi connectivity index (χ4n) is 10.9. The molecular formula is C32H52O2. The third kappa shape index (κ3) is 3.21. The first kappa shape index (κ1) is 24.9. The maximum absolute atomic E-state index is 11.9. The number of allylic oxidation sites excluding steroid dienone is 2. The second kappa shape index (κ2) is 7.38. The number of hydrogen-bond acceptors (Lipinski definition) is 2. The van der Waals surface area contributed by atoms with E-state index in [1.54, 1.807) is 6.92 Å². The van der Waals surface area contributed by atoms with E-state index in [2.05, 4.69) is 61.5 Å². The molecule has 0 bridgehead atoms. The number of rotatable bonds is 1. The van der Waals surface area contributed by atoms with Crippen molar-refractivity contribution in [3.63, 3.8) is 0 Å². The first-order valence-electron chi connectivity index (χ1n) is 14.5. The lowest BCUT2D eigenvalue weighted by Gasteiger charge is -2.71. The van der Waals surface area contributed by atoms with Gasteiger partial charge in [-0.25, -0.2) is 0 Å². The molecule has 192 valence electrons. The summed E-state index contributed by atoms with van der Waals surface area (Å²) in [5, 5.41) is 0. The summed E-state index contributed by atoms with van der Waals surface area (Å²) in [4.78, 5) is 11.9. The highest BCUT2D eigenvalue weighted by Gasteiger charge is 2.68. The molecule has 0 N–H and O–H groups in total. The first-order chi connectivity index (χ1) is 15.6. The maximum atomic E-state index is 11.9. The molecule has 0 aromatic heterocycles. The average Bonchev–Trinajstić information content (AvgIpc) is 2.72. The lowest BCUT2D eigenvalue weighted by atomic mass is 9.33. The third-order valence-electron chi connectivity index (χ3n) is 13.3. The van der Waals surface area contributed by atoms with Gasteiger partial charge in [0.05, 0.1) is 0 Å². The van der Waals surface area contributed by atoms with Gasteiger partial charge in [0.25, 0.3) is 0 Å². The van der Waals surface area contributed by atoms with Crippen molar-refractivity contribution < 1.29 is 9.53 Å². The van der Waals surface area contributed by atoms with Gasteiger partial charge in [-0.2, -0.15) is 0 Å². The van der Waals surface area contributed by atoms with Crippen LogP contribution in [0.1, 0.15) is 127 Å². The van der Waals surface area contributed by atoms with Crippen molar-refractivity contribution in [2.24, 2.45) is 50.2 Å². The Kier molecular flexibility index (Phi) is 5.40. The molecule has 0 saturated heterocycles. The molecule has 4 fully saturated rings. The minimum atomic E-state index is -0.110. The molecule has 5 aliphatic carbocycles. The highest BCUT2D eigenvalue weighted by molar-refractivity contribution is 5.66. The average molecular weight is 469 g/mol. The highest BCUT2D eigenvalue weighted by atomic mass is 16.5. The number of carbonyl (C=O) groups is 1. The Morgan fingerprint density at radius 2 is 1.53 bits per heavy atom.